The number of nitrogens with zero attached hydrogens (tertiary/aromatic N) is 4. The van der Waals surface area contributed by atoms with Gasteiger partial charge in [-0.25, -0.2) is 0 Å². The second-order valence-corrected chi connectivity index (χ2v) is 6.73. The molecule has 0 saturated carbocycles. The van der Waals surface area contributed by atoms with Crippen molar-refractivity contribution in [2.24, 2.45) is 7.05 Å². The Morgan fingerprint density at radius 2 is 1.93 bits per heavy atom. The fourth-order valence-electron chi connectivity index (χ4n) is 2.31. The summed E-state index contributed by atoms with van der Waals surface area (Å²) in [5.74, 6) is -0.284. The molecule has 2 N–H and O–H groups in total. The molecule has 1 heterocycles. The molecule has 1 aromatic heterocycles. The minimum absolute atomic E-state index is 0.182. The highest BCUT2D eigenvalue weighted by molar-refractivity contribution is 7.99. The number of carbonyl (C=O) groups excluding carboxylic acids is 2. The molecular weight excluding hydrogens is 376 g/mol. The molecule has 0 fully saturated rings. The number of hydrogen-bond acceptors (Lipinski definition) is 6. The van der Waals surface area contributed by atoms with Crippen molar-refractivity contribution < 1.29 is 9.59 Å². The molecule has 0 aliphatic heterocycles. The molecule has 2 amide bonds. The van der Waals surface area contributed by atoms with Crippen LogP contribution in [0, 0.1) is 11.3 Å². The highest BCUT2D eigenvalue weighted by Gasteiger charge is 2.09. The van der Waals surface area contributed by atoms with Gasteiger partial charge in [0.1, 0.15) is 6.33 Å². The maximum Gasteiger partial charge on any atom is 0.255 e. The van der Waals surface area contributed by atoms with Gasteiger partial charge in [0.15, 0.2) is 5.16 Å². The highest BCUT2D eigenvalue weighted by atomic mass is 32.2. The molecule has 2 aromatic carbocycles. The highest BCUT2D eigenvalue weighted by Crippen LogP contribution is 2.16. The number of aromatic nitrogens is 3. The number of nitrogens with one attached hydrogen (secondary N) is 2. The minimum atomic E-state index is -0.300. The van der Waals surface area contributed by atoms with E-state index in [0.29, 0.717) is 27.7 Å². The summed E-state index contributed by atoms with van der Waals surface area (Å²) in [5.41, 5.74) is 2.04. The lowest BCUT2D eigenvalue weighted by Crippen LogP contribution is -2.15. The average molecular weight is 392 g/mol. The summed E-state index contributed by atoms with van der Waals surface area (Å²) >= 11 is 1.28. The van der Waals surface area contributed by atoms with E-state index in [1.807, 2.05) is 6.07 Å². The molecule has 0 atom stereocenters. The first-order chi connectivity index (χ1) is 13.5. The van der Waals surface area contributed by atoms with Gasteiger partial charge in [0.05, 0.1) is 17.4 Å². The van der Waals surface area contributed by atoms with Crippen LogP contribution in [0.5, 0.6) is 0 Å². The molecule has 0 aliphatic rings. The van der Waals surface area contributed by atoms with Gasteiger partial charge in [-0.3, -0.25) is 9.59 Å². The number of hydrogen-bond donors (Lipinski definition) is 2. The maximum atomic E-state index is 12.3. The lowest BCUT2D eigenvalue weighted by molar-refractivity contribution is -0.113. The first-order valence-electron chi connectivity index (χ1n) is 8.23. The van der Waals surface area contributed by atoms with E-state index in [-0.39, 0.29) is 17.6 Å². The molecule has 0 radical (unpaired) electrons. The van der Waals surface area contributed by atoms with E-state index >= 15 is 0 Å². The zero-order chi connectivity index (χ0) is 19.9. The number of rotatable bonds is 6. The molecule has 9 heteroatoms. The van der Waals surface area contributed by atoms with E-state index in [9.17, 15) is 9.59 Å². The predicted octanol–water partition coefficient (Wildman–Crippen LogP) is 2.67. The van der Waals surface area contributed by atoms with Gasteiger partial charge in [0.25, 0.3) is 5.91 Å². The zero-order valence-corrected chi connectivity index (χ0v) is 15.7. The van der Waals surface area contributed by atoms with Crippen LogP contribution in [-0.2, 0) is 11.8 Å². The van der Waals surface area contributed by atoms with Crippen molar-refractivity contribution in [2.45, 2.75) is 5.16 Å². The van der Waals surface area contributed by atoms with Gasteiger partial charge in [-0.15, -0.1) is 10.2 Å². The van der Waals surface area contributed by atoms with Gasteiger partial charge in [-0.2, -0.15) is 5.26 Å². The monoisotopic (exact) mass is 392 g/mol. The topological polar surface area (TPSA) is 113 Å². The number of anilines is 2. The van der Waals surface area contributed by atoms with E-state index in [0.717, 1.165) is 0 Å². The summed E-state index contributed by atoms with van der Waals surface area (Å²) < 4.78 is 1.73. The fraction of sp³-hybridized carbons (Fsp3) is 0.105. The van der Waals surface area contributed by atoms with E-state index in [2.05, 4.69) is 20.8 Å². The van der Waals surface area contributed by atoms with Crippen molar-refractivity contribution in [1.29, 1.82) is 5.26 Å². The Morgan fingerprint density at radius 1 is 1.14 bits per heavy atom. The van der Waals surface area contributed by atoms with Gasteiger partial charge >= 0.3 is 0 Å². The Kier molecular flexibility index (Phi) is 6.04. The van der Waals surface area contributed by atoms with Crippen LogP contribution in [-0.4, -0.2) is 32.3 Å². The van der Waals surface area contributed by atoms with Crippen molar-refractivity contribution in [2.75, 3.05) is 16.4 Å². The van der Waals surface area contributed by atoms with Crippen molar-refractivity contribution in [3.05, 3.63) is 66.0 Å². The maximum absolute atomic E-state index is 12.3. The number of carbonyl (C=O) groups is 2. The number of nitriles is 1. The van der Waals surface area contributed by atoms with Crippen LogP contribution >= 0.6 is 11.8 Å². The number of amides is 2. The van der Waals surface area contributed by atoms with Crippen molar-refractivity contribution in [1.82, 2.24) is 14.8 Å². The molecule has 0 aliphatic carbocycles. The summed E-state index contributed by atoms with van der Waals surface area (Å²) in [4.78, 5) is 24.4. The van der Waals surface area contributed by atoms with Crippen LogP contribution < -0.4 is 10.6 Å². The smallest absolute Gasteiger partial charge is 0.255 e. The Morgan fingerprint density at radius 3 is 2.61 bits per heavy atom. The van der Waals surface area contributed by atoms with Crippen LogP contribution in [0.4, 0.5) is 11.4 Å². The van der Waals surface area contributed by atoms with Crippen LogP contribution in [0.15, 0.2) is 60.0 Å². The summed E-state index contributed by atoms with van der Waals surface area (Å²) in [6.07, 6.45) is 1.57. The number of benzene rings is 2. The minimum Gasteiger partial charge on any atom is -0.325 e. The largest absolute Gasteiger partial charge is 0.325 e. The summed E-state index contributed by atoms with van der Waals surface area (Å²) in [6.45, 7) is 0. The van der Waals surface area contributed by atoms with Crippen LogP contribution in [0.1, 0.15) is 15.9 Å². The zero-order valence-electron chi connectivity index (χ0n) is 14.9. The van der Waals surface area contributed by atoms with Crippen molar-refractivity contribution in [3.8, 4) is 6.07 Å². The molecule has 3 rings (SSSR count). The number of aryl methyl sites for hydroxylation is 1. The fourth-order valence-corrected chi connectivity index (χ4v) is 2.99. The molecule has 3 aromatic rings. The molecular formula is C19H16N6O2S. The standard InChI is InChI=1S/C19H16N6O2S/c1-25-12-21-24-19(25)28-11-17(26)22-15-7-5-14(6-8-15)18(27)23-16-4-2-3-13(9-16)10-20/h2-9,12H,11H2,1H3,(H,22,26)(H,23,27). The third-order valence-corrected chi connectivity index (χ3v) is 4.72. The van der Waals surface area contributed by atoms with E-state index in [1.54, 1.807) is 66.5 Å². The van der Waals surface area contributed by atoms with Gasteiger partial charge in [0.2, 0.25) is 5.91 Å². The van der Waals surface area contributed by atoms with Crippen molar-refractivity contribution >= 4 is 35.0 Å². The lowest BCUT2D eigenvalue weighted by Gasteiger charge is -2.08. The lowest BCUT2D eigenvalue weighted by atomic mass is 10.1. The SMILES string of the molecule is Cn1cnnc1SCC(=O)Nc1ccc(C(=O)Nc2cccc(C#N)c2)cc1. The molecule has 140 valence electrons. The van der Waals surface area contributed by atoms with E-state index in [1.165, 1.54) is 11.8 Å². The number of thioether (sulfide) groups is 1. The summed E-state index contributed by atoms with van der Waals surface area (Å²) in [7, 11) is 1.81. The molecule has 0 spiro atoms. The van der Waals surface area contributed by atoms with Crippen molar-refractivity contribution in [3.63, 3.8) is 0 Å². The Hall–Kier alpha value is -3.64. The first kappa shape index (κ1) is 19.1. The van der Waals surface area contributed by atoms with E-state index < -0.39 is 0 Å². The third-order valence-electron chi connectivity index (χ3n) is 3.68. The van der Waals surface area contributed by atoms with Gasteiger partial charge in [0, 0.05) is 24.0 Å². The van der Waals surface area contributed by atoms with Gasteiger partial charge in [-0.1, -0.05) is 17.8 Å². The normalized spacial score (nSPS) is 10.1. The van der Waals surface area contributed by atoms with Crippen LogP contribution in [0.3, 0.4) is 0 Å². The second-order valence-electron chi connectivity index (χ2n) is 5.79. The summed E-state index contributed by atoms with van der Waals surface area (Å²) in [5, 5.41) is 22.7. The van der Waals surface area contributed by atoms with Gasteiger partial charge < -0.3 is 15.2 Å². The molecule has 28 heavy (non-hydrogen) atoms. The summed E-state index contributed by atoms with van der Waals surface area (Å²) in [6, 6.07) is 15.3. The average Bonchev–Trinajstić information content (AvgIpc) is 3.12. The van der Waals surface area contributed by atoms with Gasteiger partial charge in [-0.05, 0) is 42.5 Å². The first-order valence-corrected chi connectivity index (χ1v) is 9.22. The van der Waals surface area contributed by atoms with Crippen LogP contribution in [0.2, 0.25) is 0 Å². The predicted molar refractivity (Wildman–Crippen MR) is 106 cm³/mol. The Labute approximate surface area is 165 Å². The molecule has 0 unspecified atom stereocenters. The molecule has 0 bridgehead atoms. The van der Waals surface area contributed by atoms with Crippen LogP contribution in [0.25, 0.3) is 0 Å². The quantitative estimate of drug-likeness (QED) is 0.624. The Bertz CT molecular complexity index is 1040. The second kappa shape index (κ2) is 8.83. The Balaban J connectivity index is 1.55. The van der Waals surface area contributed by atoms with E-state index in [4.69, 9.17) is 5.26 Å². The molecule has 8 nitrogen and oxygen atoms in total. The third kappa shape index (κ3) is 4.96. The molecule has 0 saturated heterocycles.